The summed E-state index contributed by atoms with van der Waals surface area (Å²) in [6.45, 7) is 6.79. The van der Waals surface area contributed by atoms with Crippen molar-refractivity contribution in [2.24, 2.45) is 22.7 Å². The van der Waals surface area contributed by atoms with Crippen LogP contribution in [0.25, 0.3) is 0 Å². The fourth-order valence-corrected chi connectivity index (χ4v) is 5.66. The van der Waals surface area contributed by atoms with E-state index in [4.69, 9.17) is 9.15 Å². The molecule has 3 aliphatic rings. The van der Waals surface area contributed by atoms with Crippen LogP contribution in [-0.4, -0.2) is 18.4 Å². The molecule has 0 amide bonds. The first-order chi connectivity index (χ1) is 11.5. The number of rotatable bonds is 3. The molecule has 1 saturated heterocycles. The SMILES string of the molecule is C=C1CCC2C3(C)CCCC2(COC3=O)C1CC(=O)c1ccoc1. The van der Waals surface area contributed by atoms with Crippen LogP contribution in [0, 0.1) is 22.7 Å². The average molecular weight is 328 g/mol. The zero-order valence-corrected chi connectivity index (χ0v) is 14.2. The van der Waals surface area contributed by atoms with Crippen molar-refractivity contribution in [2.75, 3.05) is 6.61 Å². The Kier molecular flexibility index (Phi) is 3.48. The molecule has 0 spiro atoms. The van der Waals surface area contributed by atoms with E-state index in [9.17, 15) is 9.59 Å². The Balaban J connectivity index is 1.69. The predicted molar refractivity (Wildman–Crippen MR) is 88.4 cm³/mol. The molecule has 4 atom stereocenters. The zero-order chi connectivity index (χ0) is 16.9. The van der Waals surface area contributed by atoms with Gasteiger partial charge >= 0.3 is 5.97 Å². The zero-order valence-electron chi connectivity index (χ0n) is 14.2. The molecule has 0 radical (unpaired) electrons. The van der Waals surface area contributed by atoms with Gasteiger partial charge in [-0.1, -0.05) is 18.6 Å². The molecule has 2 saturated carbocycles. The monoisotopic (exact) mass is 328 g/mol. The second-order valence-electron chi connectivity index (χ2n) is 8.02. The predicted octanol–water partition coefficient (Wildman–Crippen LogP) is 4.17. The lowest BCUT2D eigenvalue weighted by molar-refractivity contribution is -0.206. The van der Waals surface area contributed by atoms with Crippen molar-refractivity contribution >= 4 is 11.8 Å². The second-order valence-corrected chi connectivity index (χ2v) is 8.02. The van der Waals surface area contributed by atoms with Gasteiger partial charge in [-0.15, -0.1) is 0 Å². The van der Waals surface area contributed by atoms with E-state index in [-0.39, 0.29) is 23.1 Å². The van der Waals surface area contributed by atoms with Crippen LogP contribution in [0.2, 0.25) is 0 Å². The van der Waals surface area contributed by atoms with Crippen LogP contribution in [0.5, 0.6) is 0 Å². The maximum atomic E-state index is 12.7. The summed E-state index contributed by atoms with van der Waals surface area (Å²) in [5.41, 5.74) is 1.25. The van der Waals surface area contributed by atoms with Gasteiger partial charge in [0.1, 0.15) is 6.26 Å². The quantitative estimate of drug-likeness (QED) is 0.475. The van der Waals surface area contributed by atoms with Gasteiger partial charge in [0.15, 0.2) is 5.78 Å². The van der Waals surface area contributed by atoms with Gasteiger partial charge in [0.05, 0.1) is 23.8 Å². The molecule has 0 aromatic carbocycles. The van der Waals surface area contributed by atoms with Crippen molar-refractivity contribution < 1.29 is 18.7 Å². The molecule has 0 N–H and O–H groups in total. The van der Waals surface area contributed by atoms with Crippen LogP contribution < -0.4 is 0 Å². The number of ether oxygens (including phenoxy) is 1. The molecule has 1 aromatic heterocycles. The topological polar surface area (TPSA) is 56.5 Å². The number of hydrogen-bond acceptors (Lipinski definition) is 4. The molecule has 24 heavy (non-hydrogen) atoms. The van der Waals surface area contributed by atoms with Crippen molar-refractivity contribution in [3.63, 3.8) is 0 Å². The molecule has 1 aromatic rings. The van der Waals surface area contributed by atoms with Gasteiger partial charge in [-0.3, -0.25) is 9.59 Å². The number of Topliss-reactive ketones (excluding diaryl/α,β-unsaturated/α-hetero) is 1. The number of esters is 1. The van der Waals surface area contributed by atoms with Crippen LogP contribution in [0.1, 0.15) is 55.8 Å². The minimum Gasteiger partial charge on any atom is -0.472 e. The van der Waals surface area contributed by atoms with Crippen molar-refractivity contribution in [1.82, 2.24) is 0 Å². The Morgan fingerprint density at radius 1 is 1.42 bits per heavy atom. The van der Waals surface area contributed by atoms with Crippen molar-refractivity contribution in [3.05, 3.63) is 36.3 Å². The van der Waals surface area contributed by atoms with Gasteiger partial charge in [0, 0.05) is 11.8 Å². The van der Waals surface area contributed by atoms with Gasteiger partial charge in [0.25, 0.3) is 0 Å². The van der Waals surface area contributed by atoms with Gasteiger partial charge in [-0.05, 0) is 50.5 Å². The number of cyclic esters (lactones) is 1. The highest BCUT2D eigenvalue weighted by atomic mass is 16.5. The van der Waals surface area contributed by atoms with Crippen molar-refractivity contribution in [1.29, 1.82) is 0 Å². The minimum absolute atomic E-state index is 0.0461. The summed E-state index contributed by atoms with van der Waals surface area (Å²) in [5, 5.41) is 0. The highest BCUT2D eigenvalue weighted by molar-refractivity contribution is 5.96. The van der Waals surface area contributed by atoms with Gasteiger partial charge in [-0.25, -0.2) is 0 Å². The molecule has 2 aliphatic carbocycles. The molecule has 2 bridgehead atoms. The molecular weight excluding hydrogens is 304 g/mol. The molecule has 128 valence electrons. The normalized spacial score (nSPS) is 38.4. The molecule has 4 rings (SSSR count). The van der Waals surface area contributed by atoms with Crippen LogP contribution in [0.4, 0.5) is 0 Å². The molecule has 4 unspecified atom stereocenters. The Labute approximate surface area is 142 Å². The lowest BCUT2D eigenvalue weighted by Gasteiger charge is -2.61. The lowest BCUT2D eigenvalue weighted by Crippen LogP contribution is -2.61. The summed E-state index contributed by atoms with van der Waals surface area (Å²) >= 11 is 0. The first kappa shape index (κ1) is 15.7. The van der Waals surface area contributed by atoms with Gasteiger partial charge < -0.3 is 9.15 Å². The molecule has 1 aliphatic heterocycles. The van der Waals surface area contributed by atoms with E-state index < -0.39 is 5.41 Å². The molecule has 4 nitrogen and oxygen atoms in total. The van der Waals surface area contributed by atoms with Gasteiger partial charge in [-0.2, -0.15) is 0 Å². The third kappa shape index (κ3) is 2.04. The number of carbonyl (C=O) groups excluding carboxylic acids is 2. The number of furan rings is 1. The Morgan fingerprint density at radius 2 is 2.25 bits per heavy atom. The number of allylic oxidation sites excluding steroid dienone is 1. The smallest absolute Gasteiger partial charge is 0.312 e. The van der Waals surface area contributed by atoms with Gasteiger partial charge in [0.2, 0.25) is 0 Å². The summed E-state index contributed by atoms with van der Waals surface area (Å²) in [7, 11) is 0. The number of hydrogen-bond donors (Lipinski definition) is 0. The van der Waals surface area contributed by atoms with E-state index in [0.717, 1.165) is 37.7 Å². The van der Waals surface area contributed by atoms with E-state index in [0.29, 0.717) is 24.5 Å². The fraction of sp³-hybridized carbons (Fsp3) is 0.600. The summed E-state index contributed by atoms with van der Waals surface area (Å²) in [6.07, 6.45) is 8.29. The van der Waals surface area contributed by atoms with Crippen molar-refractivity contribution in [2.45, 2.75) is 45.4 Å². The third-order valence-electron chi connectivity index (χ3n) is 6.91. The second kappa shape index (κ2) is 5.33. The summed E-state index contributed by atoms with van der Waals surface area (Å²) in [6, 6.07) is 1.72. The lowest BCUT2D eigenvalue weighted by atomic mass is 9.45. The van der Waals surface area contributed by atoms with E-state index in [1.165, 1.54) is 12.5 Å². The molecule has 4 heteroatoms. The first-order valence-corrected chi connectivity index (χ1v) is 8.88. The Morgan fingerprint density at radius 3 is 3.00 bits per heavy atom. The van der Waals surface area contributed by atoms with E-state index in [2.05, 4.69) is 13.5 Å². The van der Waals surface area contributed by atoms with Crippen LogP contribution in [0.3, 0.4) is 0 Å². The van der Waals surface area contributed by atoms with Crippen LogP contribution in [-0.2, 0) is 9.53 Å². The summed E-state index contributed by atoms with van der Waals surface area (Å²) in [5.74, 6) is 0.434. The largest absolute Gasteiger partial charge is 0.472 e. The maximum absolute atomic E-state index is 12.7. The fourth-order valence-electron chi connectivity index (χ4n) is 5.66. The Hall–Kier alpha value is -1.84. The van der Waals surface area contributed by atoms with Crippen molar-refractivity contribution in [3.8, 4) is 0 Å². The average Bonchev–Trinajstić information content (AvgIpc) is 3.09. The van der Waals surface area contributed by atoms with Crippen LogP contribution >= 0.6 is 0 Å². The maximum Gasteiger partial charge on any atom is 0.312 e. The Bertz CT molecular complexity index is 689. The standard InChI is InChI=1S/C20H24O4/c1-13-4-5-17-19(2)7-3-8-20(17,12-24-18(19)22)15(13)10-16(21)14-6-9-23-11-14/h6,9,11,15,17H,1,3-5,7-8,10,12H2,2H3. The van der Waals surface area contributed by atoms with E-state index in [1.54, 1.807) is 6.07 Å². The number of carbonyl (C=O) groups is 2. The van der Waals surface area contributed by atoms with E-state index >= 15 is 0 Å². The molecular formula is C20H24O4. The van der Waals surface area contributed by atoms with Crippen LogP contribution in [0.15, 0.2) is 35.2 Å². The third-order valence-corrected chi connectivity index (χ3v) is 6.91. The minimum atomic E-state index is -0.395. The summed E-state index contributed by atoms with van der Waals surface area (Å²) in [4.78, 5) is 25.1. The van der Waals surface area contributed by atoms with E-state index in [1.807, 2.05) is 0 Å². The summed E-state index contributed by atoms with van der Waals surface area (Å²) < 4.78 is 10.7. The number of ketones is 1. The molecule has 2 heterocycles. The highest BCUT2D eigenvalue weighted by Crippen LogP contribution is 2.64. The first-order valence-electron chi connectivity index (χ1n) is 8.88. The highest BCUT2D eigenvalue weighted by Gasteiger charge is 2.63. The molecule has 3 fully saturated rings.